The summed E-state index contributed by atoms with van der Waals surface area (Å²) in [6.45, 7) is -0.0949. The van der Waals surface area contributed by atoms with Gasteiger partial charge >= 0.3 is 0 Å². The van der Waals surface area contributed by atoms with Gasteiger partial charge in [0.05, 0.1) is 18.2 Å². The van der Waals surface area contributed by atoms with E-state index in [1.165, 1.54) is 0 Å². The first-order valence-corrected chi connectivity index (χ1v) is 6.97. The van der Waals surface area contributed by atoms with E-state index in [1.807, 2.05) is 48.5 Å². The Balaban J connectivity index is 2.06. The van der Waals surface area contributed by atoms with Crippen molar-refractivity contribution in [1.29, 1.82) is 0 Å². The molecule has 0 spiro atoms. The third-order valence-electron chi connectivity index (χ3n) is 3.32. The van der Waals surface area contributed by atoms with Crippen LogP contribution in [-0.4, -0.2) is 30.7 Å². The van der Waals surface area contributed by atoms with Crippen molar-refractivity contribution in [3.8, 4) is 0 Å². The highest BCUT2D eigenvalue weighted by Gasteiger charge is 2.15. The van der Waals surface area contributed by atoms with Crippen LogP contribution in [0.5, 0.6) is 0 Å². The molecule has 0 unspecified atom stereocenters. The third kappa shape index (κ3) is 4.07. The molecule has 0 saturated heterocycles. The molecule has 0 aromatic heterocycles. The van der Waals surface area contributed by atoms with Crippen molar-refractivity contribution in [2.24, 2.45) is 0 Å². The molecule has 21 heavy (non-hydrogen) atoms. The zero-order chi connectivity index (χ0) is 15.1. The highest BCUT2D eigenvalue weighted by molar-refractivity contribution is 5.99. The fourth-order valence-electron chi connectivity index (χ4n) is 2.22. The van der Waals surface area contributed by atoms with Gasteiger partial charge in [0.15, 0.2) is 0 Å². The number of amides is 1. The van der Waals surface area contributed by atoms with E-state index >= 15 is 0 Å². The van der Waals surface area contributed by atoms with Crippen LogP contribution in [0.3, 0.4) is 0 Å². The summed E-state index contributed by atoms with van der Waals surface area (Å²) < 4.78 is 0. The van der Waals surface area contributed by atoms with Crippen molar-refractivity contribution in [3.63, 3.8) is 0 Å². The molecule has 0 aliphatic carbocycles. The third-order valence-corrected chi connectivity index (χ3v) is 3.32. The summed E-state index contributed by atoms with van der Waals surface area (Å²) in [5.41, 5.74) is 2.43. The fraction of sp³-hybridized carbons (Fsp3) is 0.235. The van der Waals surface area contributed by atoms with Gasteiger partial charge < -0.3 is 15.7 Å². The molecule has 2 aromatic rings. The van der Waals surface area contributed by atoms with Gasteiger partial charge in [-0.05, 0) is 24.1 Å². The number of aliphatic hydroxyl groups is 1. The van der Waals surface area contributed by atoms with Gasteiger partial charge in [-0.3, -0.25) is 4.79 Å². The van der Waals surface area contributed by atoms with Crippen molar-refractivity contribution in [2.45, 2.75) is 12.5 Å². The zero-order valence-electron chi connectivity index (χ0n) is 12.0. The average Bonchev–Trinajstić information content (AvgIpc) is 2.55. The van der Waals surface area contributed by atoms with E-state index in [2.05, 4.69) is 10.6 Å². The largest absolute Gasteiger partial charge is 0.394 e. The second kappa shape index (κ2) is 7.45. The predicted molar refractivity (Wildman–Crippen MR) is 84.5 cm³/mol. The van der Waals surface area contributed by atoms with E-state index in [9.17, 15) is 9.90 Å². The number of hydrogen-bond donors (Lipinski definition) is 3. The van der Waals surface area contributed by atoms with Gasteiger partial charge in [0, 0.05) is 12.7 Å². The van der Waals surface area contributed by atoms with Crippen LogP contribution in [0.4, 0.5) is 5.69 Å². The number of rotatable bonds is 6. The Morgan fingerprint density at radius 1 is 1.10 bits per heavy atom. The summed E-state index contributed by atoms with van der Waals surface area (Å²) in [6.07, 6.45) is 0.602. The molecule has 0 radical (unpaired) electrons. The number of anilines is 1. The summed E-state index contributed by atoms with van der Waals surface area (Å²) >= 11 is 0. The number of hydrogen-bond acceptors (Lipinski definition) is 3. The van der Waals surface area contributed by atoms with Crippen LogP contribution < -0.4 is 10.6 Å². The SMILES string of the molecule is CNc1ccccc1C(=O)N[C@H](CO)Cc1ccccc1. The van der Waals surface area contributed by atoms with E-state index < -0.39 is 0 Å². The van der Waals surface area contributed by atoms with Gasteiger partial charge in [0.2, 0.25) is 0 Å². The van der Waals surface area contributed by atoms with Crippen molar-refractivity contribution >= 4 is 11.6 Å². The average molecular weight is 284 g/mol. The molecule has 2 aromatic carbocycles. The number of aliphatic hydroxyl groups excluding tert-OH is 1. The molecule has 0 fully saturated rings. The molecule has 1 atom stereocenters. The van der Waals surface area contributed by atoms with Crippen LogP contribution in [0.2, 0.25) is 0 Å². The molecule has 4 nitrogen and oxygen atoms in total. The van der Waals surface area contributed by atoms with Crippen LogP contribution in [0.1, 0.15) is 15.9 Å². The maximum Gasteiger partial charge on any atom is 0.253 e. The lowest BCUT2D eigenvalue weighted by Crippen LogP contribution is -2.39. The fourth-order valence-corrected chi connectivity index (χ4v) is 2.22. The Hall–Kier alpha value is -2.33. The van der Waals surface area contributed by atoms with E-state index in [0.29, 0.717) is 12.0 Å². The topological polar surface area (TPSA) is 61.4 Å². The Morgan fingerprint density at radius 2 is 1.76 bits per heavy atom. The molecule has 0 saturated carbocycles. The van der Waals surface area contributed by atoms with Gasteiger partial charge in [0.1, 0.15) is 0 Å². The van der Waals surface area contributed by atoms with Crippen molar-refractivity contribution in [3.05, 3.63) is 65.7 Å². The van der Waals surface area contributed by atoms with Gasteiger partial charge in [-0.2, -0.15) is 0 Å². The van der Waals surface area contributed by atoms with E-state index in [-0.39, 0.29) is 18.6 Å². The van der Waals surface area contributed by atoms with Gasteiger partial charge in [0.25, 0.3) is 5.91 Å². The Labute approximate surface area is 124 Å². The molecule has 4 heteroatoms. The summed E-state index contributed by atoms with van der Waals surface area (Å²) in [5, 5.41) is 15.4. The second-order valence-electron chi connectivity index (χ2n) is 4.84. The number of para-hydroxylation sites is 1. The minimum absolute atomic E-state index is 0.0949. The Bertz CT molecular complexity index is 584. The molecule has 0 aliphatic heterocycles. The van der Waals surface area contributed by atoms with E-state index in [1.54, 1.807) is 13.1 Å². The molecule has 0 heterocycles. The standard InChI is InChI=1S/C17H20N2O2/c1-18-16-10-6-5-9-15(16)17(21)19-14(12-20)11-13-7-3-2-4-8-13/h2-10,14,18,20H,11-12H2,1H3,(H,19,21)/t14-/m0/s1. The zero-order valence-corrected chi connectivity index (χ0v) is 12.0. The normalized spacial score (nSPS) is 11.7. The number of carbonyl (C=O) groups excluding carboxylic acids is 1. The number of nitrogens with one attached hydrogen (secondary N) is 2. The van der Waals surface area contributed by atoms with Crippen molar-refractivity contribution in [1.82, 2.24) is 5.32 Å². The maximum atomic E-state index is 12.3. The van der Waals surface area contributed by atoms with Gasteiger partial charge in [-0.15, -0.1) is 0 Å². The molecule has 1 amide bonds. The number of benzene rings is 2. The molecule has 2 rings (SSSR count). The van der Waals surface area contributed by atoms with Crippen molar-refractivity contribution in [2.75, 3.05) is 19.0 Å². The molecule has 0 aliphatic rings. The summed E-state index contributed by atoms with van der Waals surface area (Å²) in [4.78, 5) is 12.3. The molecule has 0 bridgehead atoms. The smallest absolute Gasteiger partial charge is 0.253 e. The monoisotopic (exact) mass is 284 g/mol. The minimum atomic E-state index is -0.301. The summed E-state index contributed by atoms with van der Waals surface area (Å²) in [6, 6.07) is 16.8. The lowest BCUT2D eigenvalue weighted by atomic mass is 10.1. The lowest BCUT2D eigenvalue weighted by Gasteiger charge is -2.17. The Morgan fingerprint density at radius 3 is 2.43 bits per heavy atom. The summed E-state index contributed by atoms with van der Waals surface area (Å²) in [5.74, 6) is -0.185. The van der Waals surface area contributed by atoms with Gasteiger partial charge in [-0.1, -0.05) is 42.5 Å². The van der Waals surface area contributed by atoms with E-state index in [0.717, 1.165) is 11.3 Å². The first-order valence-electron chi connectivity index (χ1n) is 6.97. The predicted octanol–water partition coefficient (Wildman–Crippen LogP) is 2.06. The highest BCUT2D eigenvalue weighted by atomic mass is 16.3. The molecular weight excluding hydrogens is 264 g/mol. The van der Waals surface area contributed by atoms with Crippen LogP contribution in [0.25, 0.3) is 0 Å². The van der Waals surface area contributed by atoms with Crippen LogP contribution in [-0.2, 0) is 6.42 Å². The summed E-state index contributed by atoms with van der Waals surface area (Å²) in [7, 11) is 1.78. The van der Waals surface area contributed by atoms with Crippen LogP contribution >= 0.6 is 0 Å². The van der Waals surface area contributed by atoms with Crippen LogP contribution in [0, 0.1) is 0 Å². The van der Waals surface area contributed by atoms with Crippen molar-refractivity contribution < 1.29 is 9.90 Å². The highest BCUT2D eigenvalue weighted by Crippen LogP contribution is 2.14. The molecule has 110 valence electrons. The Kier molecular flexibility index (Phi) is 5.35. The maximum absolute atomic E-state index is 12.3. The molecule has 3 N–H and O–H groups in total. The van der Waals surface area contributed by atoms with Crippen LogP contribution in [0.15, 0.2) is 54.6 Å². The second-order valence-corrected chi connectivity index (χ2v) is 4.84. The minimum Gasteiger partial charge on any atom is -0.394 e. The first kappa shape index (κ1) is 15.1. The first-order chi connectivity index (χ1) is 10.2. The van der Waals surface area contributed by atoms with E-state index in [4.69, 9.17) is 0 Å². The number of carbonyl (C=O) groups is 1. The van der Waals surface area contributed by atoms with Gasteiger partial charge in [-0.25, -0.2) is 0 Å². The lowest BCUT2D eigenvalue weighted by molar-refractivity contribution is 0.0917. The quantitative estimate of drug-likeness (QED) is 0.761. The molecular formula is C17H20N2O2.